The number of carbonyl (C=O) groups excluding carboxylic acids is 1. The Kier molecular flexibility index (Phi) is 13.6. The molecule has 0 saturated carbocycles. The van der Waals surface area contributed by atoms with Crippen LogP contribution in [0, 0.1) is 11.1 Å². The summed E-state index contributed by atoms with van der Waals surface area (Å²) < 4.78 is 47.1. The summed E-state index contributed by atoms with van der Waals surface area (Å²) in [5.74, 6) is -0.214. The monoisotopic (exact) mass is 881 g/mol. The average Bonchev–Trinajstić information content (AvgIpc) is 3.71. The first kappa shape index (κ1) is 44.6. The number of ether oxygens (including phenoxy) is 3. The number of sulfonamides is 1. The number of hydrogen-bond donors (Lipinski definition) is 5. The third-order valence-corrected chi connectivity index (χ3v) is 12.4. The van der Waals surface area contributed by atoms with Crippen molar-refractivity contribution in [1.82, 2.24) is 19.8 Å². The van der Waals surface area contributed by atoms with Crippen LogP contribution in [0.2, 0.25) is 5.02 Å². The van der Waals surface area contributed by atoms with Crippen molar-refractivity contribution in [1.29, 1.82) is 0 Å². The maximum Gasteiger partial charge on any atom is 0.268 e. The molecule has 1 aliphatic rings. The molecule has 62 heavy (non-hydrogen) atoms. The Labute approximate surface area is 367 Å². The fraction of sp³-hybridized carbons (Fsp3) is 0.298. The molecule has 1 saturated heterocycles. The summed E-state index contributed by atoms with van der Waals surface area (Å²) in [6, 6.07) is 30.0. The maximum atomic E-state index is 13.8. The molecule has 0 radical (unpaired) electrons. The lowest BCUT2D eigenvalue weighted by molar-refractivity contribution is -0.00761. The first-order valence-electron chi connectivity index (χ1n) is 20.5. The minimum atomic E-state index is -4.56. The Morgan fingerprint density at radius 2 is 1.71 bits per heavy atom. The van der Waals surface area contributed by atoms with Crippen molar-refractivity contribution >= 4 is 49.8 Å². The number of halogens is 1. The third kappa shape index (κ3) is 11.1. The van der Waals surface area contributed by atoms with Crippen molar-refractivity contribution in [3.8, 4) is 28.4 Å². The molecule has 13 nitrogen and oxygen atoms in total. The second-order valence-corrected chi connectivity index (χ2v) is 18.7. The quantitative estimate of drug-likeness (QED) is 0.0358. The topological polar surface area (TPSA) is 174 Å². The normalized spacial score (nSPS) is 14.6. The fourth-order valence-electron chi connectivity index (χ4n) is 7.21. The lowest BCUT2D eigenvalue weighted by Gasteiger charge is -2.30. The van der Waals surface area contributed by atoms with Crippen LogP contribution in [0.3, 0.4) is 0 Å². The van der Waals surface area contributed by atoms with Crippen molar-refractivity contribution in [3.05, 3.63) is 136 Å². The van der Waals surface area contributed by atoms with Crippen LogP contribution in [0.1, 0.15) is 55.1 Å². The molecule has 0 spiro atoms. The van der Waals surface area contributed by atoms with Gasteiger partial charge in [0.25, 0.3) is 15.9 Å². The summed E-state index contributed by atoms with van der Waals surface area (Å²) in [6.45, 7) is 9.77. The van der Waals surface area contributed by atoms with Crippen LogP contribution < -0.4 is 29.6 Å². The Hall–Kier alpha value is -5.45. The molecule has 0 aliphatic carbocycles. The summed E-state index contributed by atoms with van der Waals surface area (Å²) in [4.78, 5) is 14.6. The summed E-state index contributed by atoms with van der Waals surface area (Å²) in [5, 5.41) is 31.7. The van der Waals surface area contributed by atoms with E-state index in [9.17, 15) is 23.6 Å². The Bertz CT molecular complexity index is 2630. The maximum absolute atomic E-state index is 13.8. The zero-order chi connectivity index (χ0) is 44.1. The number of nitrogens with zero attached hydrogens (tertiary/aromatic N) is 1. The lowest BCUT2D eigenvalue weighted by Crippen LogP contribution is -2.35. The number of H-pyrrole nitrogens is 1. The molecule has 1 fully saturated rings. The molecule has 15 heteroatoms. The van der Waals surface area contributed by atoms with E-state index in [2.05, 4.69) is 59.3 Å². The van der Waals surface area contributed by atoms with Gasteiger partial charge in [-0.3, -0.25) is 4.79 Å². The van der Waals surface area contributed by atoms with E-state index in [0.717, 1.165) is 53.5 Å². The molecule has 0 bridgehead atoms. The predicted molar refractivity (Wildman–Crippen MR) is 244 cm³/mol. The van der Waals surface area contributed by atoms with Crippen LogP contribution in [0.5, 0.6) is 17.2 Å². The van der Waals surface area contributed by atoms with Gasteiger partial charge in [-0.1, -0.05) is 62.7 Å². The number of nitrogens with one attached hydrogen (secondary N) is 4. The molecule has 7 rings (SSSR count). The van der Waals surface area contributed by atoms with Crippen molar-refractivity contribution < 1.29 is 32.6 Å². The Morgan fingerprint density at radius 3 is 2.45 bits per heavy atom. The van der Waals surface area contributed by atoms with Gasteiger partial charge in [0.05, 0.1) is 17.1 Å². The standard InChI is InChI=1S/C47H52ClN5O8S/c1-47(2,3)35-8-5-34(41(26-35)32-6-9-36(48)10-7-32)29-49-21-22-50-37-11-14-40(45(27-37)61-38-12-15-42-33(25-38)17-20-51-42)46(54)52-62(57,58)39-13-16-44(43(28-39)53(4,55)56)60-30-31-18-23-59-24-19-31/h5-17,20,25-28,31,49-51,55H,18-19,21-24,29-30H2,1-4H3,(H,52,54). The number of carbonyl (C=O) groups is 1. The molecule has 5 aromatic carbocycles. The first-order chi connectivity index (χ1) is 29.5. The van der Waals surface area contributed by atoms with Gasteiger partial charge in [-0.15, -0.1) is 0 Å². The Morgan fingerprint density at radius 1 is 0.935 bits per heavy atom. The summed E-state index contributed by atoms with van der Waals surface area (Å²) in [7, 11) is -3.62. The van der Waals surface area contributed by atoms with E-state index in [0.29, 0.717) is 49.3 Å². The molecule has 6 aromatic rings. The van der Waals surface area contributed by atoms with Gasteiger partial charge in [0, 0.05) is 72.8 Å². The fourth-order valence-corrected chi connectivity index (χ4v) is 8.32. The second-order valence-electron chi connectivity index (χ2n) is 16.6. The van der Waals surface area contributed by atoms with Crippen LogP contribution in [-0.4, -0.2) is 64.5 Å². The second kappa shape index (κ2) is 18.9. The van der Waals surface area contributed by atoms with Crippen LogP contribution in [-0.2, 0) is 26.7 Å². The average molecular weight is 882 g/mol. The number of amides is 1. The molecule has 1 aromatic heterocycles. The van der Waals surface area contributed by atoms with Gasteiger partial charge in [-0.25, -0.2) is 18.3 Å². The van der Waals surface area contributed by atoms with Gasteiger partial charge in [-0.05, 0) is 107 Å². The summed E-state index contributed by atoms with van der Waals surface area (Å²) in [5.41, 5.74) is 5.72. The zero-order valence-electron chi connectivity index (χ0n) is 35.2. The summed E-state index contributed by atoms with van der Waals surface area (Å²) >= 11 is 6.20. The number of hydroxylamine groups is 2. The van der Waals surface area contributed by atoms with Crippen molar-refractivity contribution in [2.45, 2.75) is 50.5 Å². The minimum absolute atomic E-state index is 0.0174. The van der Waals surface area contributed by atoms with Gasteiger partial charge < -0.3 is 35.0 Å². The molecular formula is C47H52ClN5O8S. The van der Waals surface area contributed by atoms with Crippen LogP contribution in [0.15, 0.2) is 114 Å². The number of anilines is 1. The van der Waals surface area contributed by atoms with E-state index >= 15 is 0 Å². The molecule has 1 amide bonds. The van der Waals surface area contributed by atoms with Crippen molar-refractivity contribution in [2.24, 2.45) is 5.92 Å². The number of aromatic nitrogens is 1. The van der Waals surface area contributed by atoms with Crippen LogP contribution in [0.4, 0.5) is 11.4 Å². The number of quaternary nitrogens is 1. The highest BCUT2D eigenvalue weighted by atomic mass is 35.5. The molecule has 1 aliphatic heterocycles. The van der Waals surface area contributed by atoms with Crippen LogP contribution >= 0.6 is 11.6 Å². The molecule has 1 unspecified atom stereocenters. The SMILES string of the molecule is CC(C)(C)c1ccc(CNCCNc2ccc(C(=O)NS(=O)(=O)c3ccc(OCC4CCOCC4)c([N+](C)([O-])O)c3)c(Oc3ccc4[nH]ccc4c3)c2)c(-c2ccc(Cl)cc2)c1. The smallest absolute Gasteiger partial charge is 0.268 e. The van der Waals surface area contributed by atoms with Crippen molar-refractivity contribution in [3.63, 3.8) is 0 Å². The Balaban J connectivity index is 1.07. The molecule has 1 atom stereocenters. The first-order valence-corrected chi connectivity index (χ1v) is 22.4. The van der Waals surface area contributed by atoms with E-state index in [4.69, 9.17) is 25.8 Å². The third-order valence-electron chi connectivity index (χ3n) is 10.8. The molecule has 326 valence electrons. The summed E-state index contributed by atoms with van der Waals surface area (Å²) in [6.07, 6.45) is 3.35. The lowest BCUT2D eigenvalue weighted by atomic mass is 9.84. The molecule has 5 N–H and O–H groups in total. The van der Waals surface area contributed by atoms with E-state index < -0.39 is 25.6 Å². The molecular weight excluding hydrogens is 830 g/mol. The minimum Gasteiger partial charge on any atom is -0.593 e. The van der Waals surface area contributed by atoms with Gasteiger partial charge >= 0.3 is 0 Å². The highest BCUT2D eigenvalue weighted by Crippen LogP contribution is 2.36. The predicted octanol–water partition coefficient (Wildman–Crippen LogP) is 9.53. The van der Waals surface area contributed by atoms with E-state index in [1.165, 1.54) is 23.8 Å². The van der Waals surface area contributed by atoms with Gasteiger partial charge in [-0.2, -0.15) is 4.81 Å². The highest BCUT2D eigenvalue weighted by Gasteiger charge is 2.28. The number of rotatable bonds is 16. The van der Waals surface area contributed by atoms with Gasteiger partial charge in [0.1, 0.15) is 18.5 Å². The van der Waals surface area contributed by atoms with E-state index in [1.54, 1.807) is 30.5 Å². The zero-order valence-corrected chi connectivity index (χ0v) is 36.7. The number of hydrogen-bond acceptors (Lipinski definition) is 10. The van der Waals surface area contributed by atoms with Gasteiger partial charge in [0.15, 0.2) is 5.75 Å². The van der Waals surface area contributed by atoms with E-state index in [-0.39, 0.29) is 40.7 Å². The van der Waals surface area contributed by atoms with E-state index in [1.807, 2.05) is 36.4 Å². The van der Waals surface area contributed by atoms with Crippen molar-refractivity contribution in [2.75, 3.05) is 45.3 Å². The number of benzene rings is 5. The largest absolute Gasteiger partial charge is 0.593 e. The van der Waals surface area contributed by atoms with Crippen LogP contribution in [0.25, 0.3) is 22.0 Å². The molecule has 2 heterocycles. The number of aromatic amines is 1. The highest BCUT2D eigenvalue weighted by molar-refractivity contribution is 7.90. The number of fused-ring (bicyclic) bond motifs is 1. The van der Waals surface area contributed by atoms with Gasteiger partial charge in [0.2, 0.25) is 5.69 Å².